The first-order valence-electron chi connectivity index (χ1n) is 5.98. The molecule has 1 aliphatic rings. The molecule has 0 fully saturated rings. The molecular formula is C13H14FNO4. The third-order valence-electron chi connectivity index (χ3n) is 2.72. The SMILES string of the molecule is CCOC(=O)C(F)N1CCOc2ccccc2C1=O. The lowest BCUT2D eigenvalue weighted by Gasteiger charge is -2.22. The number of benzene rings is 1. The van der Waals surface area contributed by atoms with Crippen molar-refractivity contribution in [3.05, 3.63) is 29.8 Å². The number of hydrogen-bond acceptors (Lipinski definition) is 4. The summed E-state index contributed by atoms with van der Waals surface area (Å²) in [5.41, 5.74) is 0.243. The van der Waals surface area contributed by atoms with E-state index in [4.69, 9.17) is 4.74 Å². The lowest BCUT2D eigenvalue weighted by atomic mass is 10.2. The Morgan fingerprint density at radius 1 is 1.53 bits per heavy atom. The number of carbonyl (C=O) groups is 2. The van der Waals surface area contributed by atoms with Gasteiger partial charge in [0.05, 0.1) is 18.7 Å². The maximum Gasteiger partial charge on any atom is 0.362 e. The molecule has 1 aromatic rings. The number of halogens is 1. The number of ether oxygens (including phenoxy) is 2. The first-order valence-corrected chi connectivity index (χ1v) is 5.98. The average molecular weight is 267 g/mol. The number of fused-ring (bicyclic) bond motifs is 1. The van der Waals surface area contributed by atoms with Gasteiger partial charge in [-0.2, -0.15) is 0 Å². The molecule has 0 bridgehead atoms. The van der Waals surface area contributed by atoms with Crippen LogP contribution in [0.4, 0.5) is 4.39 Å². The van der Waals surface area contributed by atoms with Gasteiger partial charge in [-0.05, 0) is 19.1 Å². The third kappa shape index (κ3) is 2.67. The molecule has 6 heteroatoms. The number of hydrogen-bond donors (Lipinski definition) is 0. The van der Waals surface area contributed by atoms with Crippen molar-refractivity contribution in [2.45, 2.75) is 13.2 Å². The molecule has 0 saturated carbocycles. The molecule has 0 radical (unpaired) electrons. The second-order valence-electron chi connectivity index (χ2n) is 3.93. The predicted molar refractivity (Wildman–Crippen MR) is 64.5 cm³/mol. The van der Waals surface area contributed by atoms with E-state index in [1.807, 2.05) is 0 Å². The van der Waals surface area contributed by atoms with Gasteiger partial charge in [0.15, 0.2) is 0 Å². The van der Waals surface area contributed by atoms with Gasteiger partial charge in [-0.15, -0.1) is 0 Å². The smallest absolute Gasteiger partial charge is 0.362 e. The fourth-order valence-corrected chi connectivity index (χ4v) is 1.83. The van der Waals surface area contributed by atoms with E-state index < -0.39 is 18.2 Å². The standard InChI is InChI=1S/C13H14FNO4/c1-2-18-13(17)11(14)15-7-8-19-10-6-4-3-5-9(10)12(15)16/h3-6,11H,2,7-8H2,1H3. The Kier molecular flexibility index (Phi) is 3.99. The van der Waals surface area contributed by atoms with Gasteiger partial charge < -0.3 is 9.47 Å². The van der Waals surface area contributed by atoms with Crippen LogP contribution < -0.4 is 4.74 Å². The normalized spacial score (nSPS) is 16.1. The third-order valence-corrected chi connectivity index (χ3v) is 2.72. The van der Waals surface area contributed by atoms with Crippen molar-refractivity contribution in [1.82, 2.24) is 4.90 Å². The van der Waals surface area contributed by atoms with Crippen molar-refractivity contribution < 1.29 is 23.5 Å². The van der Waals surface area contributed by atoms with Crippen molar-refractivity contribution in [3.63, 3.8) is 0 Å². The highest BCUT2D eigenvalue weighted by atomic mass is 19.1. The van der Waals surface area contributed by atoms with Crippen molar-refractivity contribution in [2.75, 3.05) is 19.8 Å². The van der Waals surface area contributed by atoms with E-state index in [-0.39, 0.29) is 25.3 Å². The van der Waals surface area contributed by atoms with Crippen LogP contribution in [0.1, 0.15) is 17.3 Å². The van der Waals surface area contributed by atoms with Crippen LogP contribution in [0, 0.1) is 0 Å². The van der Waals surface area contributed by atoms with Gasteiger partial charge in [-0.3, -0.25) is 9.69 Å². The summed E-state index contributed by atoms with van der Waals surface area (Å²) in [6.07, 6.45) is -2.11. The van der Waals surface area contributed by atoms with Crippen molar-refractivity contribution in [1.29, 1.82) is 0 Å². The Balaban J connectivity index is 2.24. The molecule has 0 saturated heterocycles. The molecule has 0 spiro atoms. The van der Waals surface area contributed by atoms with E-state index in [0.717, 1.165) is 4.90 Å². The highest BCUT2D eigenvalue weighted by molar-refractivity contribution is 5.99. The maximum absolute atomic E-state index is 14.0. The van der Waals surface area contributed by atoms with Gasteiger partial charge >= 0.3 is 5.97 Å². The second-order valence-corrected chi connectivity index (χ2v) is 3.93. The summed E-state index contributed by atoms with van der Waals surface area (Å²) >= 11 is 0. The molecule has 1 atom stereocenters. The van der Waals surface area contributed by atoms with Crippen LogP contribution in [0.2, 0.25) is 0 Å². The van der Waals surface area contributed by atoms with E-state index in [2.05, 4.69) is 4.74 Å². The Morgan fingerprint density at radius 2 is 2.26 bits per heavy atom. The van der Waals surface area contributed by atoms with E-state index in [1.165, 1.54) is 6.07 Å². The summed E-state index contributed by atoms with van der Waals surface area (Å²) in [5.74, 6) is -1.24. The summed E-state index contributed by atoms with van der Waals surface area (Å²) in [6.45, 7) is 1.76. The lowest BCUT2D eigenvalue weighted by Crippen LogP contribution is -2.44. The molecule has 1 aliphatic heterocycles. The Labute approximate surface area is 109 Å². The molecule has 1 aromatic carbocycles. The quantitative estimate of drug-likeness (QED) is 0.613. The minimum absolute atomic E-state index is 0.00645. The number of nitrogens with zero attached hydrogens (tertiary/aromatic N) is 1. The summed E-state index contributed by atoms with van der Waals surface area (Å²) in [6, 6.07) is 6.55. The van der Waals surface area contributed by atoms with Gasteiger partial charge in [-0.1, -0.05) is 12.1 Å². The number of esters is 1. The molecule has 1 heterocycles. The number of carbonyl (C=O) groups excluding carboxylic acids is 2. The highest BCUT2D eigenvalue weighted by Crippen LogP contribution is 2.24. The van der Waals surface area contributed by atoms with Gasteiger partial charge in [-0.25, -0.2) is 9.18 Å². The van der Waals surface area contributed by atoms with Crippen LogP contribution in [-0.4, -0.2) is 42.8 Å². The molecular weight excluding hydrogens is 253 g/mol. The Bertz CT molecular complexity index is 491. The van der Waals surface area contributed by atoms with Crippen molar-refractivity contribution >= 4 is 11.9 Å². The van der Waals surface area contributed by atoms with E-state index in [0.29, 0.717) is 5.75 Å². The fraction of sp³-hybridized carbons (Fsp3) is 0.385. The average Bonchev–Trinajstić information content (AvgIpc) is 2.58. The molecule has 0 aromatic heterocycles. The lowest BCUT2D eigenvalue weighted by molar-refractivity contribution is -0.155. The number of rotatable bonds is 3. The van der Waals surface area contributed by atoms with Gasteiger partial charge in [0, 0.05) is 0 Å². The Morgan fingerprint density at radius 3 is 3.00 bits per heavy atom. The van der Waals surface area contributed by atoms with E-state index in [1.54, 1.807) is 25.1 Å². The summed E-state index contributed by atoms with van der Waals surface area (Å²) in [7, 11) is 0. The number of amides is 1. The maximum atomic E-state index is 14.0. The molecule has 5 nitrogen and oxygen atoms in total. The van der Waals surface area contributed by atoms with Gasteiger partial charge in [0.1, 0.15) is 12.4 Å². The minimum Gasteiger partial charge on any atom is -0.491 e. The molecule has 2 rings (SSSR count). The Hall–Kier alpha value is -2.11. The first kappa shape index (κ1) is 13.3. The summed E-state index contributed by atoms with van der Waals surface area (Å²) < 4.78 is 23.9. The van der Waals surface area contributed by atoms with Crippen LogP contribution in [0.3, 0.4) is 0 Å². The molecule has 1 amide bonds. The zero-order valence-electron chi connectivity index (χ0n) is 10.5. The monoisotopic (exact) mass is 267 g/mol. The molecule has 0 aliphatic carbocycles. The van der Waals surface area contributed by atoms with Gasteiger partial charge in [0.2, 0.25) is 0 Å². The number of alkyl halides is 1. The van der Waals surface area contributed by atoms with Crippen LogP contribution >= 0.6 is 0 Å². The fourth-order valence-electron chi connectivity index (χ4n) is 1.83. The summed E-state index contributed by atoms with van der Waals surface area (Å²) in [4.78, 5) is 24.4. The van der Waals surface area contributed by atoms with Gasteiger partial charge in [0.25, 0.3) is 12.2 Å². The first-order chi connectivity index (χ1) is 9.15. The molecule has 19 heavy (non-hydrogen) atoms. The zero-order chi connectivity index (χ0) is 13.8. The minimum atomic E-state index is -2.11. The largest absolute Gasteiger partial charge is 0.491 e. The molecule has 1 unspecified atom stereocenters. The van der Waals surface area contributed by atoms with Crippen LogP contribution in [0.25, 0.3) is 0 Å². The zero-order valence-corrected chi connectivity index (χ0v) is 10.5. The second kappa shape index (κ2) is 5.69. The predicted octanol–water partition coefficient (Wildman–Crippen LogP) is 1.38. The van der Waals surface area contributed by atoms with E-state index >= 15 is 0 Å². The topological polar surface area (TPSA) is 55.8 Å². The number of para-hydroxylation sites is 1. The van der Waals surface area contributed by atoms with E-state index in [9.17, 15) is 14.0 Å². The highest BCUT2D eigenvalue weighted by Gasteiger charge is 2.34. The van der Waals surface area contributed by atoms with Crippen LogP contribution in [0.5, 0.6) is 5.75 Å². The molecule has 0 N–H and O–H groups in total. The van der Waals surface area contributed by atoms with Crippen LogP contribution in [0.15, 0.2) is 24.3 Å². The molecule has 102 valence electrons. The van der Waals surface area contributed by atoms with Crippen LogP contribution in [-0.2, 0) is 9.53 Å². The van der Waals surface area contributed by atoms with Crippen molar-refractivity contribution in [3.8, 4) is 5.75 Å². The van der Waals surface area contributed by atoms with Crippen molar-refractivity contribution in [2.24, 2.45) is 0 Å². The summed E-state index contributed by atoms with van der Waals surface area (Å²) in [5, 5.41) is 0.